The van der Waals surface area contributed by atoms with Crippen molar-refractivity contribution in [3.63, 3.8) is 0 Å². The number of amides is 2. The molecule has 0 radical (unpaired) electrons. The Morgan fingerprint density at radius 1 is 1.09 bits per heavy atom. The summed E-state index contributed by atoms with van der Waals surface area (Å²) in [6.45, 7) is 5.80. The Bertz CT molecular complexity index is 1250. The summed E-state index contributed by atoms with van der Waals surface area (Å²) >= 11 is 0. The molecule has 1 aromatic heterocycles. The van der Waals surface area contributed by atoms with Crippen molar-refractivity contribution >= 4 is 34.5 Å². The van der Waals surface area contributed by atoms with Crippen LogP contribution in [0.2, 0.25) is 0 Å². The van der Waals surface area contributed by atoms with Crippen molar-refractivity contribution in [1.82, 2.24) is 14.9 Å². The van der Waals surface area contributed by atoms with Gasteiger partial charge in [-0.15, -0.1) is 0 Å². The maximum atomic E-state index is 13.0. The number of aromatic nitrogens is 2. The number of ether oxygens (including phenoxy) is 1. The Hall–Kier alpha value is -3.88. The molecule has 0 spiro atoms. The van der Waals surface area contributed by atoms with Crippen LogP contribution < -0.4 is 21.1 Å². The molecule has 9 heteroatoms. The molecule has 0 bridgehead atoms. The van der Waals surface area contributed by atoms with Gasteiger partial charge in [-0.25, -0.2) is 14.6 Å². The third-order valence-electron chi connectivity index (χ3n) is 5.91. The highest BCUT2D eigenvalue weighted by Crippen LogP contribution is 2.19. The van der Waals surface area contributed by atoms with Gasteiger partial charge in [0.15, 0.2) is 5.82 Å². The highest BCUT2D eigenvalue weighted by Gasteiger charge is 2.24. The SMILES string of the molecule is CCOC(=O)c1cccc(NC(=O)NC2CCN(c3nc4ccccc4n(CC)c3=O)CC2)c1. The number of fused-ring (bicyclic) bond motifs is 1. The number of hydrogen-bond donors (Lipinski definition) is 2. The highest BCUT2D eigenvalue weighted by atomic mass is 16.5. The molecule has 1 fully saturated rings. The molecule has 3 aromatic rings. The molecule has 9 nitrogen and oxygen atoms in total. The zero-order valence-electron chi connectivity index (χ0n) is 19.4. The summed E-state index contributed by atoms with van der Waals surface area (Å²) in [7, 11) is 0. The van der Waals surface area contributed by atoms with Crippen LogP contribution in [0.5, 0.6) is 0 Å². The molecule has 0 aliphatic carbocycles. The molecule has 0 unspecified atom stereocenters. The second-order valence-corrected chi connectivity index (χ2v) is 8.13. The average Bonchev–Trinajstić information content (AvgIpc) is 2.84. The zero-order valence-corrected chi connectivity index (χ0v) is 19.4. The lowest BCUT2D eigenvalue weighted by Crippen LogP contribution is -2.47. The third kappa shape index (κ3) is 5.03. The van der Waals surface area contributed by atoms with Crippen molar-refractivity contribution in [2.24, 2.45) is 0 Å². The molecule has 1 saturated heterocycles. The predicted molar refractivity (Wildman–Crippen MR) is 131 cm³/mol. The third-order valence-corrected chi connectivity index (χ3v) is 5.91. The number of rotatable bonds is 6. The summed E-state index contributed by atoms with van der Waals surface area (Å²) in [5, 5.41) is 5.76. The molecule has 2 amide bonds. The van der Waals surface area contributed by atoms with E-state index in [1.54, 1.807) is 35.8 Å². The number of esters is 1. The van der Waals surface area contributed by atoms with Gasteiger partial charge in [-0.05, 0) is 57.0 Å². The van der Waals surface area contributed by atoms with Gasteiger partial charge in [-0.3, -0.25) is 4.79 Å². The number of aryl methyl sites for hydroxylation is 1. The van der Waals surface area contributed by atoms with Gasteiger partial charge >= 0.3 is 12.0 Å². The molecule has 1 aliphatic rings. The molecule has 2 aromatic carbocycles. The molecule has 178 valence electrons. The quantitative estimate of drug-likeness (QED) is 0.543. The van der Waals surface area contributed by atoms with Gasteiger partial charge in [0.25, 0.3) is 5.56 Å². The molecular weight excluding hydrogens is 434 g/mol. The van der Waals surface area contributed by atoms with E-state index in [2.05, 4.69) is 15.6 Å². The molecule has 0 atom stereocenters. The number of benzene rings is 2. The van der Waals surface area contributed by atoms with E-state index in [1.165, 1.54) is 0 Å². The van der Waals surface area contributed by atoms with Gasteiger partial charge in [-0.1, -0.05) is 18.2 Å². The van der Waals surface area contributed by atoms with E-state index in [0.717, 1.165) is 11.0 Å². The van der Waals surface area contributed by atoms with E-state index >= 15 is 0 Å². The van der Waals surface area contributed by atoms with Crippen LogP contribution in [0.15, 0.2) is 53.3 Å². The molecule has 0 saturated carbocycles. The number of carbonyl (C=O) groups excluding carboxylic acids is 2. The molecule has 2 N–H and O–H groups in total. The maximum absolute atomic E-state index is 13.0. The molecule has 4 rings (SSSR count). The largest absolute Gasteiger partial charge is 0.462 e. The fourth-order valence-corrected chi connectivity index (χ4v) is 4.23. The van der Waals surface area contributed by atoms with Crippen LogP contribution in [-0.4, -0.2) is 47.3 Å². The van der Waals surface area contributed by atoms with E-state index in [4.69, 9.17) is 4.74 Å². The Morgan fingerprint density at radius 3 is 2.59 bits per heavy atom. The first-order valence-electron chi connectivity index (χ1n) is 11.6. The van der Waals surface area contributed by atoms with Crippen LogP contribution in [-0.2, 0) is 11.3 Å². The van der Waals surface area contributed by atoms with Crippen LogP contribution in [0, 0.1) is 0 Å². The second kappa shape index (κ2) is 10.4. The van der Waals surface area contributed by atoms with Crippen LogP contribution in [0.1, 0.15) is 37.0 Å². The standard InChI is InChI=1S/C25H29N5O4/c1-3-30-21-11-6-5-10-20(21)28-22(23(30)31)29-14-12-18(13-15-29)26-25(33)27-19-9-7-8-17(16-19)24(32)34-4-2/h5-11,16,18H,3-4,12-15H2,1-2H3,(H2,26,27,33). The smallest absolute Gasteiger partial charge is 0.338 e. The molecular formula is C25H29N5O4. The minimum atomic E-state index is -0.427. The summed E-state index contributed by atoms with van der Waals surface area (Å²) in [5.41, 5.74) is 2.43. The summed E-state index contributed by atoms with van der Waals surface area (Å²) in [5.74, 6) is 0.0302. The lowest BCUT2D eigenvalue weighted by molar-refractivity contribution is 0.0526. The van der Waals surface area contributed by atoms with E-state index in [0.29, 0.717) is 49.5 Å². The number of nitrogens with zero attached hydrogens (tertiary/aromatic N) is 3. The van der Waals surface area contributed by atoms with Crippen LogP contribution in [0.4, 0.5) is 16.3 Å². The van der Waals surface area contributed by atoms with Gasteiger partial charge in [0.1, 0.15) is 0 Å². The van der Waals surface area contributed by atoms with Crippen molar-refractivity contribution in [2.45, 2.75) is 39.3 Å². The van der Waals surface area contributed by atoms with E-state index in [1.807, 2.05) is 36.1 Å². The Kier molecular flexibility index (Phi) is 7.10. The monoisotopic (exact) mass is 463 g/mol. The number of hydrogen-bond acceptors (Lipinski definition) is 6. The lowest BCUT2D eigenvalue weighted by atomic mass is 10.1. The fourth-order valence-electron chi connectivity index (χ4n) is 4.23. The number of carbonyl (C=O) groups is 2. The Morgan fingerprint density at radius 2 is 1.85 bits per heavy atom. The number of piperidine rings is 1. The number of para-hydroxylation sites is 2. The molecule has 1 aliphatic heterocycles. The normalized spacial score (nSPS) is 14.1. The van der Waals surface area contributed by atoms with E-state index < -0.39 is 5.97 Å². The van der Waals surface area contributed by atoms with E-state index in [9.17, 15) is 14.4 Å². The summed E-state index contributed by atoms with van der Waals surface area (Å²) in [6, 6.07) is 13.9. The number of anilines is 2. The minimum Gasteiger partial charge on any atom is -0.462 e. The van der Waals surface area contributed by atoms with Crippen molar-refractivity contribution in [3.8, 4) is 0 Å². The molecule has 2 heterocycles. The van der Waals surface area contributed by atoms with Gasteiger partial charge in [0.05, 0.1) is 23.2 Å². The zero-order chi connectivity index (χ0) is 24.1. The lowest BCUT2D eigenvalue weighted by Gasteiger charge is -2.33. The average molecular weight is 464 g/mol. The minimum absolute atomic E-state index is 0.0293. The molecule has 34 heavy (non-hydrogen) atoms. The van der Waals surface area contributed by atoms with Gasteiger partial charge < -0.3 is 24.8 Å². The highest BCUT2D eigenvalue weighted by molar-refractivity contribution is 5.94. The summed E-state index contributed by atoms with van der Waals surface area (Å²) in [6.07, 6.45) is 1.38. The topological polar surface area (TPSA) is 106 Å². The van der Waals surface area contributed by atoms with Crippen LogP contribution >= 0.6 is 0 Å². The van der Waals surface area contributed by atoms with Crippen molar-refractivity contribution in [1.29, 1.82) is 0 Å². The summed E-state index contributed by atoms with van der Waals surface area (Å²) in [4.78, 5) is 44.1. The van der Waals surface area contributed by atoms with Crippen molar-refractivity contribution < 1.29 is 14.3 Å². The van der Waals surface area contributed by atoms with Gasteiger partial charge in [-0.2, -0.15) is 0 Å². The Labute approximate surface area is 197 Å². The number of urea groups is 1. The van der Waals surface area contributed by atoms with E-state index in [-0.39, 0.29) is 24.2 Å². The summed E-state index contributed by atoms with van der Waals surface area (Å²) < 4.78 is 6.75. The first-order chi connectivity index (χ1) is 16.5. The first kappa shape index (κ1) is 23.3. The fraction of sp³-hybridized carbons (Fsp3) is 0.360. The van der Waals surface area contributed by atoms with Crippen molar-refractivity contribution in [3.05, 3.63) is 64.4 Å². The predicted octanol–water partition coefficient (Wildman–Crippen LogP) is 3.38. The number of nitrogens with one attached hydrogen (secondary N) is 2. The van der Waals surface area contributed by atoms with Crippen LogP contribution in [0.25, 0.3) is 11.0 Å². The second-order valence-electron chi connectivity index (χ2n) is 8.13. The maximum Gasteiger partial charge on any atom is 0.338 e. The van der Waals surface area contributed by atoms with Gasteiger partial charge in [0, 0.05) is 31.4 Å². The van der Waals surface area contributed by atoms with Crippen LogP contribution in [0.3, 0.4) is 0 Å². The first-order valence-corrected chi connectivity index (χ1v) is 11.6. The van der Waals surface area contributed by atoms with Crippen molar-refractivity contribution in [2.75, 3.05) is 29.9 Å². The van der Waals surface area contributed by atoms with Gasteiger partial charge in [0.2, 0.25) is 0 Å². The Balaban J connectivity index is 1.37.